The molecule has 3 rings (SSSR count). The van der Waals surface area contributed by atoms with Crippen LogP contribution in [0, 0.1) is 0 Å². The number of likely N-dealkylation sites (N-methyl/N-ethyl adjacent to an activating group) is 1. The normalized spacial score (nSPS) is 14.8. The van der Waals surface area contributed by atoms with Crippen molar-refractivity contribution < 1.29 is 13.9 Å². The second-order valence-corrected chi connectivity index (χ2v) is 5.70. The van der Waals surface area contributed by atoms with Gasteiger partial charge < -0.3 is 14.5 Å². The van der Waals surface area contributed by atoms with Crippen LogP contribution in [0.5, 0.6) is 5.75 Å². The average Bonchev–Trinajstić information content (AvgIpc) is 2.90. The highest BCUT2D eigenvalue weighted by molar-refractivity contribution is 5.97. The Kier molecular flexibility index (Phi) is 3.92. The fourth-order valence-electron chi connectivity index (χ4n) is 3.11. The van der Waals surface area contributed by atoms with E-state index in [2.05, 4.69) is 11.4 Å². The number of carbonyl (C=O) groups is 1. The highest BCUT2D eigenvalue weighted by Crippen LogP contribution is 2.37. The maximum absolute atomic E-state index is 11.6. The third-order valence-corrected chi connectivity index (χ3v) is 4.30. The van der Waals surface area contributed by atoms with Crippen molar-refractivity contribution in [3.05, 3.63) is 35.1 Å². The van der Waals surface area contributed by atoms with Gasteiger partial charge >= 0.3 is 0 Å². The molecule has 22 heavy (non-hydrogen) atoms. The molecule has 0 radical (unpaired) electrons. The van der Waals surface area contributed by atoms with Crippen molar-refractivity contribution in [3.63, 3.8) is 0 Å². The van der Waals surface area contributed by atoms with Crippen molar-refractivity contribution in [2.75, 3.05) is 14.2 Å². The van der Waals surface area contributed by atoms with Crippen molar-refractivity contribution in [3.8, 4) is 5.75 Å². The Balaban J connectivity index is 2.16. The van der Waals surface area contributed by atoms with Crippen molar-refractivity contribution in [2.45, 2.75) is 32.6 Å². The molecule has 0 aliphatic heterocycles. The molecule has 1 aromatic carbocycles. The van der Waals surface area contributed by atoms with Gasteiger partial charge in [-0.25, -0.2) is 0 Å². The first-order valence-corrected chi connectivity index (χ1v) is 7.66. The smallest absolute Gasteiger partial charge is 0.244 e. The molecule has 1 aliphatic carbocycles. The number of amides is 1. The van der Waals surface area contributed by atoms with E-state index >= 15 is 0 Å². The van der Waals surface area contributed by atoms with Crippen LogP contribution in [0.1, 0.15) is 36.7 Å². The van der Waals surface area contributed by atoms with Crippen LogP contribution in [0.25, 0.3) is 16.5 Å². The van der Waals surface area contributed by atoms with Crippen LogP contribution in [0.15, 0.2) is 22.6 Å². The summed E-state index contributed by atoms with van der Waals surface area (Å²) in [6, 6.07) is 4.03. The van der Waals surface area contributed by atoms with Crippen LogP contribution >= 0.6 is 0 Å². The zero-order valence-corrected chi connectivity index (χ0v) is 13.3. The van der Waals surface area contributed by atoms with Crippen LogP contribution in [-0.2, 0) is 17.6 Å². The molecule has 1 aromatic heterocycles. The van der Waals surface area contributed by atoms with Crippen LogP contribution < -0.4 is 10.1 Å². The maximum atomic E-state index is 11.6. The molecule has 0 unspecified atom stereocenters. The maximum Gasteiger partial charge on any atom is 0.244 e. The quantitative estimate of drug-likeness (QED) is 0.883. The van der Waals surface area contributed by atoms with Gasteiger partial charge in [-0.15, -0.1) is 0 Å². The molecule has 4 nitrogen and oxygen atoms in total. The topological polar surface area (TPSA) is 51.5 Å². The summed E-state index contributed by atoms with van der Waals surface area (Å²) in [5, 5.41) is 3.76. The van der Waals surface area contributed by atoms with E-state index in [1.165, 1.54) is 18.4 Å². The lowest BCUT2D eigenvalue weighted by Crippen LogP contribution is -2.14. The van der Waals surface area contributed by atoms with Gasteiger partial charge in [0.1, 0.15) is 17.1 Å². The van der Waals surface area contributed by atoms with E-state index in [0.717, 1.165) is 46.5 Å². The van der Waals surface area contributed by atoms with E-state index in [1.54, 1.807) is 20.2 Å². The summed E-state index contributed by atoms with van der Waals surface area (Å²) >= 11 is 0. The number of hydrogen-bond acceptors (Lipinski definition) is 3. The lowest BCUT2D eigenvalue weighted by Gasteiger charge is -2.11. The third kappa shape index (κ3) is 2.49. The van der Waals surface area contributed by atoms with Gasteiger partial charge in [0, 0.05) is 42.1 Å². The molecule has 0 fully saturated rings. The van der Waals surface area contributed by atoms with Crippen molar-refractivity contribution in [1.29, 1.82) is 0 Å². The van der Waals surface area contributed by atoms with Crippen molar-refractivity contribution in [2.24, 2.45) is 0 Å². The summed E-state index contributed by atoms with van der Waals surface area (Å²) in [5.74, 6) is 1.72. The van der Waals surface area contributed by atoms with Gasteiger partial charge in [-0.05, 0) is 37.8 Å². The van der Waals surface area contributed by atoms with Crippen molar-refractivity contribution in [1.82, 2.24) is 5.32 Å². The predicted molar refractivity (Wildman–Crippen MR) is 87.1 cm³/mol. The van der Waals surface area contributed by atoms with Gasteiger partial charge in [0.15, 0.2) is 0 Å². The monoisotopic (exact) mass is 299 g/mol. The first kappa shape index (κ1) is 14.7. The Morgan fingerprint density at radius 3 is 2.82 bits per heavy atom. The van der Waals surface area contributed by atoms with Crippen LogP contribution in [0.2, 0.25) is 0 Å². The number of aryl methyl sites for hydroxylation is 2. The van der Waals surface area contributed by atoms with Gasteiger partial charge in [0.05, 0.1) is 7.11 Å². The summed E-state index contributed by atoms with van der Waals surface area (Å²) < 4.78 is 11.5. The Morgan fingerprint density at radius 2 is 2.09 bits per heavy atom. The van der Waals surface area contributed by atoms with Gasteiger partial charge in [0.25, 0.3) is 0 Å². The molecule has 1 N–H and O–H groups in total. The number of allylic oxidation sites excluding steroid dienone is 1. The van der Waals surface area contributed by atoms with Crippen molar-refractivity contribution >= 4 is 22.4 Å². The highest BCUT2D eigenvalue weighted by Gasteiger charge is 2.20. The van der Waals surface area contributed by atoms with Gasteiger partial charge in [-0.1, -0.05) is 0 Å². The van der Waals surface area contributed by atoms with E-state index in [9.17, 15) is 4.79 Å². The number of ether oxygens (including phenoxy) is 1. The molecule has 116 valence electrons. The Hall–Kier alpha value is -2.23. The van der Waals surface area contributed by atoms with E-state index in [4.69, 9.17) is 9.15 Å². The fourth-order valence-corrected chi connectivity index (χ4v) is 3.11. The Bertz CT molecular complexity index is 755. The lowest BCUT2D eigenvalue weighted by atomic mass is 9.94. The van der Waals surface area contributed by atoms with E-state index < -0.39 is 0 Å². The number of carbonyl (C=O) groups excluding carboxylic acids is 1. The van der Waals surface area contributed by atoms with Crippen LogP contribution in [0.4, 0.5) is 0 Å². The number of rotatable bonds is 3. The average molecular weight is 299 g/mol. The number of benzene rings is 1. The standard InChI is InChI=1S/C18H21NO3/c1-11(8-18(20)19-2)13-9-14-12-6-4-5-7-15(12)22-17(14)10-16(13)21-3/h8-10H,4-7H2,1-3H3,(H,19,20)/b11-8+. The van der Waals surface area contributed by atoms with E-state index in [1.807, 2.05) is 13.0 Å². The fraction of sp³-hybridized carbons (Fsp3) is 0.389. The molecule has 1 aliphatic rings. The largest absolute Gasteiger partial charge is 0.496 e. The molecule has 0 spiro atoms. The molecule has 1 heterocycles. The molecule has 2 aromatic rings. The van der Waals surface area contributed by atoms with Crippen LogP contribution in [-0.4, -0.2) is 20.1 Å². The van der Waals surface area contributed by atoms with Gasteiger partial charge in [-0.3, -0.25) is 4.79 Å². The van der Waals surface area contributed by atoms with Gasteiger partial charge in [0.2, 0.25) is 5.91 Å². The Morgan fingerprint density at radius 1 is 1.32 bits per heavy atom. The summed E-state index contributed by atoms with van der Waals surface area (Å²) in [7, 11) is 3.26. The summed E-state index contributed by atoms with van der Waals surface area (Å²) in [5.41, 5.74) is 4.01. The zero-order chi connectivity index (χ0) is 15.7. The molecule has 4 heteroatoms. The summed E-state index contributed by atoms with van der Waals surface area (Å²) in [4.78, 5) is 11.6. The molecule has 0 saturated heterocycles. The second-order valence-electron chi connectivity index (χ2n) is 5.70. The molecule has 0 atom stereocenters. The predicted octanol–water partition coefficient (Wildman–Crippen LogP) is 3.47. The molecular weight excluding hydrogens is 278 g/mol. The number of nitrogens with one attached hydrogen (secondary N) is 1. The van der Waals surface area contributed by atoms with E-state index in [0.29, 0.717) is 0 Å². The molecule has 0 bridgehead atoms. The summed E-state index contributed by atoms with van der Waals surface area (Å²) in [6.07, 6.45) is 6.06. The Labute approximate surface area is 130 Å². The zero-order valence-electron chi connectivity index (χ0n) is 13.3. The molecule has 1 amide bonds. The second kappa shape index (κ2) is 5.87. The third-order valence-electron chi connectivity index (χ3n) is 4.30. The SMILES string of the molecule is CNC(=O)/C=C(\C)c1cc2c3c(oc2cc1OC)CCCC3. The highest BCUT2D eigenvalue weighted by atomic mass is 16.5. The minimum absolute atomic E-state index is 0.117. The molecular formula is C18H21NO3. The van der Waals surface area contributed by atoms with Crippen LogP contribution in [0.3, 0.4) is 0 Å². The minimum atomic E-state index is -0.117. The molecule has 0 saturated carbocycles. The van der Waals surface area contributed by atoms with Gasteiger partial charge in [-0.2, -0.15) is 0 Å². The number of hydrogen-bond donors (Lipinski definition) is 1. The summed E-state index contributed by atoms with van der Waals surface area (Å²) in [6.45, 7) is 1.92. The van der Waals surface area contributed by atoms with E-state index in [-0.39, 0.29) is 5.91 Å². The number of methoxy groups -OCH3 is 1. The lowest BCUT2D eigenvalue weighted by molar-refractivity contribution is -0.116. The minimum Gasteiger partial charge on any atom is -0.496 e. The number of furan rings is 1. The first-order valence-electron chi connectivity index (χ1n) is 7.66. The first-order chi connectivity index (χ1) is 10.6. The number of fused-ring (bicyclic) bond motifs is 3.